The Labute approximate surface area is 149 Å². The van der Waals surface area contributed by atoms with E-state index in [1.807, 2.05) is 11.5 Å². The van der Waals surface area contributed by atoms with E-state index in [1.54, 1.807) is 37.2 Å². The third kappa shape index (κ3) is 2.96. The van der Waals surface area contributed by atoms with Crippen LogP contribution < -0.4 is 0 Å². The maximum absolute atomic E-state index is 12.4. The highest BCUT2D eigenvalue weighted by Crippen LogP contribution is 2.36. The van der Waals surface area contributed by atoms with Gasteiger partial charge < -0.3 is 19.1 Å². The van der Waals surface area contributed by atoms with Gasteiger partial charge in [-0.2, -0.15) is 5.10 Å². The van der Waals surface area contributed by atoms with Gasteiger partial charge in [0.1, 0.15) is 12.5 Å². The number of rotatable bonds is 5. The Morgan fingerprint density at radius 1 is 1.40 bits per heavy atom. The first kappa shape index (κ1) is 17.3. The molecule has 25 heavy (non-hydrogen) atoms. The maximum atomic E-state index is 12.4. The molecular formula is C17H18ClN3O4. The Bertz CT molecular complexity index is 945. The molecule has 0 bridgehead atoms. The lowest BCUT2D eigenvalue weighted by Crippen LogP contribution is -2.07. The molecule has 0 saturated heterocycles. The van der Waals surface area contributed by atoms with Crippen molar-refractivity contribution in [3.63, 3.8) is 0 Å². The molecule has 1 aromatic carbocycles. The summed E-state index contributed by atoms with van der Waals surface area (Å²) in [7, 11) is 1.58. The smallest absolute Gasteiger partial charge is 0.340 e. The number of aromatic nitrogens is 3. The number of esters is 1. The Hall–Kier alpha value is -2.51. The molecule has 0 spiro atoms. The highest BCUT2D eigenvalue weighted by Gasteiger charge is 2.23. The zero-order chi connectivity index (χ0) is 18.1. The van der Waals surface area contributed by atoms with Gasteiger partial charge in [-0.05, 0) is 26.0 Å². The van der Waals surface area contributed by atoms with Crippen molar-refractivity contribution >= 4 is 28.5 Å². The zero-order valence-electron chi connectivity index (χ0n) is 14.1. The van der Waals surface area contributed by atoms with Crippen LogP contribution in [0.1, 0.15) is 23.0 Å². The number of ether oxygens (including phenoxy) is 2. The molecule has 0 unspecified atom stereocenters. The number of phenols is 1. The molecule has 0 fully saturated rings. The number of carbonyl (C=O) groups is 1. The lowest BCUT2D eigenvalue weighted by Gasteiger charge is -2.06. The molecule has 0 atom stereocenters. The summed E-state index contributed by atoms with van der Waals surface area (Å²) in [5, 5.41) is 15.0. The van der Waals surface area contributed by atoms with E-state index < -0.39 is 5.97 Å². The van der Waals surface area contributed by atoms with Crippen LogP contribution in [0.4, 0.5) is 0 Å². The normalized spacial score (nSPS) is 11.2. The fourth-order valence-corrected chi connectivity index (χ4v) is 3.05. The van der Waals surface area contributed by atoms with Crippen LogP contribution in [0.2, 0.25) is 5.02 Å². The minimum atomic E-state index is -0.449. The number of fused-ring (bicyclic) bond motifs is 1. The summed E-state index contributed by atoms with van der Waals surface area (Å²) in [5.41, 5.74) is 2.49. The van der Waals surface area contributed by atoms with Crippen molar-refractivity contribution in [1.82, 2.24) is 14.3 Å². The van der Waals surface area contributed by atoms with Crippen molar-refractivity contribution < 1.29 is 19.4 Å². The molecule has 2 aromatic heterocycles. The van der Waals surface area contributed by atoms with Gasteiger partial charge in [0.2, 0.25) is 0 Å². The van der Waals surface area contributed by atoms with E-state index in [0.717, 1.165) is 5.69 Å². The molecule has 7 nitrogen and oxygen atoms in total. The van der Waals surface area contributed by atoms with E-state index >= 15 is 0 Å². The number of phenolic OH excluding ortho intramolecular Hbond substituents is 1. The van der Waals surface area contributed by atoms with Gasteiger partial charge in [0, 0.05) is 18.2 Å². The predicted molar refractivity (Wildman–Crippen MR) is 93.4 cm³/mol. The molecular weight excluding hydrogens is 346 g/mol. The summed E-state index contributed by atoms with van der Waals surface area (Å²) in [4.78, 5) is 12.4. The summed E-state index contributed by atoms with van der Waals surface area (Å²) in [6, 6.07) is 3.10. The van der Waals surface area contributed by atoms with Crippen LogP contribution in [0.3, 0.4) is 0 Å². The fraction of sp³-hybridized carbons (Fsp3) is 0.294. The van der Waals surface area contributed by atoms with Gasteiger partial charge in [0.15, 0.2) is 0 Å². The van der Waals surface area contributed by atoms with Crippen LogP contribution in [0.5, 0.6) is 5.75 Å². The van der Waals surface area contributed by atoms with Crippen molar-refractivity contribution in [3.05, 3.63) is 40.8 Å². The van der Waals surface area contributed by atoms with Crippen LogP contribution in [0, 0.1) is 6.92 Å². The summed E-state index contributed by atoms with van der Waals surface area (Å²) in [6.45, 7) is 4.13. The summed E-state index contributed by atoms with van der Waals surface area (Å²) in [6.07, 6.45) is 3.47. The molecule has 0 aliphatic carbocycles. The fourth-order valence-electron chi connectivity index (χ4n) is 2.89. The SMILES string of the molecule is CCOC(=O)c1c(C)n(-c2cnn(COC)c2)c2cc(Cl)c(O)cc12. The van der Waals surface area contributed by atoms with Crippen molar-refractivity contribution in [3.8, 4) is 11.4 Å². The highest BCUT2D eigenvalue weighted by atomic mass is 35.5. The molecule has 3 aromatic rings. The van der Waals surface area contributed by atoms with Crippen LogP contribution in [0.25, 0.3) is 16.6 Å². The third-order valence-corrected chi connectivity index (χ3v) is 4.19. The summed E-state index contributed by atoms with van der Waals surface area (Å²) >= 11 is 6.08. The average molecular weight is 364 g/mol. The number of halogens is 1. The number of nitrogens with zero attached hydrogens (tertiary/aromatic N) is 3. The van der Waals surface area contributed by atoms with E-state index in [4.69, 9.17) is 21.1 Å². The minimum absolute atomic E-state index is 0.0908. The van der Waals surface area contributed by atoms with Gasteiger partial charge >= 0.3 is 5.97 Å². The topological polar surface area (TPSA) is 78.5 Å². The number of aromatic hydroxyl groups is 1. The van der Waals surface area contributed by atoms with Crippen LogP contribution in [-0.4, -0.2) is 39.1 Å². The monoisotopic (exact) mass is 363 g/mol. The molecule has 1 N–H and O–H groups in total. The summed E-state index contributed by atoms with van der Waals surface area (Å²) in [5.74, 6) is -0.540. The molecule has 3 rings (SSSR count). The van der Waals surface area contributed by atoms with E-state index in [9.17, 15) is 9.90 Å². The molecule has 0 amide bonds. The molecule has 132 valence electrons. The van der Waals surface area contributed by atoms with E-state index in [1.165, 1.54) is 6.07 Å². The zero-order valence-corrected chi connectivity index (χ0v) is 14.9. The summed E-state index contributed by atoms with van der Waals surface area (Å²) < 4.78 is 13.7. The number of benzene rings is 1. The number of hydrogen-bond donors (Lipinski definition) is 1. The minimum Gasteiger partial charge on any atom is -0.506 e. The van der Waals surface area contributed by atoms with E-state index in [0.29, 0.717) is 28.9 Å². The maximum Gasteiger partial charge on any atom is 0.340 e. The van der Waals surface area contributed by atoms with Gasteiger partial charge in [-0.3, -0.25) is 0 Å². The Morgan fingerprint density at radius 3 is 2.84 bits per heavy atom. The molecule has 0 saturated carbocycles. The van der Waals surface area contributed by atoms with Crippen LogP contribution in [0.15, 0.2) is 24.5 Å². The van der Waals surface area contributed by atoms with Crippen LogP contribution >= 0.6 is 11.6 Å². The lowest BCUT2D eigenvalue weighted by atomic mass is 10.1. The molecule has 8 heteroatoms. The molecule has 2 heterocycles. The number of methoxy groups -OCH3 is 1. The second-order valence-corrected chi connectivity index (χ2v) is 5.90. The molecule has 0 aliphatic rings. The average Bonchev–Trinajstić information content (AvgIpc) is 3.11. The quantitative estimate of drug-likeness (QED) is 0.704. The number of hydrogen-bond acceptors (Lipinski definition) is 5. The van der Waals surface area contributed by atoms with E-state index in [2.05, 4.69) is 5.10 Å². The Morgan fingerprint density at radius 2 is 2.16 bits per heavy atom. The van der Waals surface area contributed by atoms with Crippen molar-refractivity contribution in [2.75, 3.05) is 13.7 Å². The molecule has 0 aliphatic heterocycles. The Kier molecular flexibility index (Phi) is 4.69. The third-order valence-electron chi connectivity index (χ3n) is 3.89. The predicted octanol–water partition coefficient (Wildman–Crippen LogP) is 3.28. The number of carbonyl (C=O) groups excluding carboxylic acids is 1. The Balaban J connectivity index is 2.28. The second-order valence-electron chi connectivity index (χ2n) is 5.49. The highest BCUT2D eigenvalue weighted by molar-refractivity contribution is 6.33. The lowest BCUT2D eigenvalue weighted by molar-refractivity contribution is 0.0527. The van der Waals surface area contributed by atoms with Gasteiger partial charge in [0.05, 0.1) is 40.8 Å². The van der Waals surface area contributed by atoms with Crippen molar-refractivity contribution in [1.29, 1.82) is 0 Å². The van der Waals surface area contributed by atoms with Crippen molar-refractivity contribution in [2.24, 2.45) is 0 Å². The van der Waals surface area contributed by atoms with Gasteiger partial charge in [-0.25, -0.2) is 9.48 Å². The van der Waals surface area contributed by atoms with E-state index in [-0.39, 0.29) is 17.4 Å². The first-order valence-electron chi connectivity index (χ1n) is 7.70. The van der Waals surface area contributed by atoms with Crippen molar-refractivity contribution in [2.45, 2.75) is 20.6 Å². The first-order valence-corrected chi connectivity index (χ1v) is 8.08. The first-order chi connectivity index (χ1) is 12.0. The standard InChI is InChI=1S/C17H18ClN3O4/c1-4-25-17(23)16-10(2)21(11-7-19-20(8-11)9-24-3)14-6-13(18)15(22)5-12(14)16/h5-8,22H,4,9H2,1-3H3. The largest absolute Gasteiger partial charge is 0.506 e. The second kappa shape index (κ2) is 6.78. The van der Waals surface area contributed by atoms with Crippen LogP contribution in [-0.2, 0) is 16.2 Å². The van der Waals surface area contributed by atoms with Gasteiger partial charge in [-0.1, -0.05) is 11.6 Å². The molecule has 0 radical (unpaired) electrons. The van der Waals surface area contributed by atoms with Gasteiger partial charge in [0.25, 0.3) is 0 Å². The van der Waals surface area contributed by atoms with Gasteiger partial charge in [-0.15, -0.1) is 0 Å².